The highest BCUT2D eigenvalue weighted by atomic mass is 32.2. The molecule has 0 unspecified atom stereocenters. The predicted molar refractivity (Wildman–Crippen MR) is 121 cm³/mol. The molecule has 164 valence electrons. The zero-order valence-electron chi connectivity index (χ0n) is 17.6. The van der Waals surface area contributed by atoms with Gasteiger partial charge in [-0.05, 0) is 29.8 Å². The molecule has 0 spiro atoms. The average molecular weight is 451 g/mol. The van der Waals surface area contributed by atoms with Crippen molar-refractivity contribution in [3.8, 4) is 34.1 Å². The number of nitrogens with two attached hydrogens (primary N) is 1. The van der Waals surface area contributed by atoms with Crippen LogP contribution >= 0.6 is 0 Å². The van der Waals surface area contributed by atoms with Crippen molar-refractivity contribution in [2.75, 3.05) is 14.2 Å². The highest BCUT2D eigenvalue weighted by molar-refractivity contribution is 7.89. The van der Waals surface area contributed by atoms with Crippen LogP contribution in [0, 0.1) is 0 Å². The summed E-state index contributed by atoms with van der Waals surface area (Å²) in [7, 11) is -0.887. The molecule has 4 rings (SSSR count). The number of hydrogen-bond donors (Lipinski definition) is 1. The molecule has 0 aliphatic carbocycles. The maximum atomic E-state index is 12.3. The van der Waals surface area contributed by atoms with Crippen LogP contribution in [0.25, 0.3) is 22.6 Å². The molecule has 0 atom stereocenters. The molecule has 1 aromatic heterocycles. The summed E-state index contributed by atoms with van der Waals surface area (Å²) in [5.74, 6) is 1.86. The fourth-order valence-corrected chi connectivity index (χ4v) is 4.21. The molecule has 3 aromatic carbocycles. The fraction of sp³-hybridized carbons (Fsp3) is 0.125. The highest BCUT2D eigenvalue weighted by Crippen LogP contribution is 2.41. The lowest BCUT2D eigenvalue weighted by Gasteiger charge is -2.11. The number of hydrogen-bond acceptors (Lipinski definition) is 6. The SMILES string of the molecule is COc1ccc(-c2nc(Cc3ccccc3)oc2-c2ccccc2S(N)(=O)=O)c(OC)c1. The molecule has 32 heavy (non-hydrogen) atoms. The van der Waals surface area contributed by atoms with E-state index in [1.54, 1.807) is 50.6 Å². The van der Waals surface area contributed by atoms with Gasteiger partial charge < -0.3 is 13.9 Å². The highest BCUT2D eigenvalue weighted by Gasteiger charge is 2.25. The number of methoxy groups -OCH3 is 2. The predicted octanol–water partition coefficient (Wildman–Crippen LogP) is 4.26. The summed E-state index contributed by atoms with van der Waals surface area (Å²) in [6.07, 6.45) is 0.434. The first-order valence-electron chi connectivity index (χ1n) is 9.79. The summed E-state index contributed by atoms with van der Waals surface area (Å²) < 4.78 is 41.5. The Labute approximate surface area is 186 Å². The van der Waals surface area contributed by atoms with Gasteiger partial charge in [0.2, 0.25) is 10.0 Å². The van der Waals surface area contributed by atoms with Crippen molar-refractivity contribution in [3.05, 3.63) is 84.3 Å². The first kappa shape index (κ1) is 21.6. The number of rotatable bonds is 7. The number of benzene rings is 3. The van der Waals surface area contributed by atoms with Crippen LogP contribution < -0.4 is 14.6 Å². The van der Waals surface area contributed by atoms with Crippen molar-refractivity contribution < 1.29 is 22.3 Å². The summed E-state index contributed by atoms with van der Waals surface area (Å²) in [5, 5.41) is 5.48. The molecular formula is C24H22N2O5S. The number of aromatic nitrogens is 1. The molecule has 0 fully saturated rings. The Balaban J connectivity index is 1.94. The molecule has 7 nitrogen and oxygen atoms in total. The van der Waals surface area contributed by atoms with Crippen molar-refractivity contribution in [2.24, 2.45) is 5.14 Å². The number of nitrogens with zero attached hydrogens (tertiary/aromatic N) is 1. The molecule has 0 saturated carbocycles. The Morgan fingerprint density at radius 2 is 1.62 bits per heavy atom. The standard InChI is InChI=1S/C24H22N2O5S/c1-29-17-12-13-18(20(15-17)30-2)23-24(19-10-6-7-11-21(19)32(25,27)28)31-22(26-23)14-16-8-4-3-5-9-16/h3-13,15H,14H2,1-2H3,(H2,25,27,28). The van der Waals surface area contributed by atoms with Gasteiger partial charge in [0, 0.05) is 23.6 Å². The maximum Gasteiger partial charge on any atom is 0.238 e. The van der Waals surface area contributed by atoms with E-state index in [1.165, 1.54) is 6.07 Å². The van der Waals surface area contributed by atoms with Crippen LogP contribution in [0.2, 0.25) is 0 Å². The Kier molecular flexibility index (Phi) is 5.98. The summed E-state index contributed by atoms with van der Waals surface area (Å²) in [4.78, 5) is 4.67. The maximum absolute atomic E-state index is 12.3. The second kappa shape index (κ2) is 8.86. The van der Waals surface area contributed by atoms with E-state index in [1.807, 2.05) is 30.3 Å². The smallest absolute Gasteiger partial charge is 0.238 e. The van der Waals surface area contributed by atoms with Crippen molar-refractivity contribution in [2.45, 2.75) is 11.3 Å². The zero-order chi connectivity index (χ0) is 22.7. The zero-order valence-corrected chi connectivity index (χ0v) is 18.4. The van der Waals surface area contributed by atoms with Crippen molar-refractivity contribution in [1.29, 1.82) is 0 Å². The minimum atomic E-state index is -4.00. The van der Waals surface area contributed by atoms with Crippen LogP contribution in [0.1, 0.15) is 11.5 Å². The quantitative estimate of drug-likeness (QED) is 0.451. The number of oxazole rings is 1. The monoisotopic (exact) mass is 450 g/mol. The molecule has 0 saturated heterocycles. The van der Waals surface area contributed by atoms with Crippen LogP contribution in [0.15, 0.2) is 82.1 Å². The van der Waals surface area contributed by atoms with Gasteiger partial charge in [-0.1, -0.05) is 42.5 Å². The third-order valence-corrected chi connectivity index (χ3v) is 5.94. The van der Waals surface area contributed by atoms with E-state index in [2.05, 4.69) is 0 Å². The largest absolute Gasteiger partial charge is 0.497 e. The summed E-state index contributed by atoms with van der Waals surface area (Å²) in [5.41, 5.74) is 2.42. The molecule has 4 aromatic rings. The average Bonchev–Trinajstić information content (AvgIpc) is 3.22. The molecular weight excluding hydrogens is 428 g/mol. The van der Waals surface area contributed by atoms with Gasteiger partial charge in [-0.3, -0.25) is 0 Å². The van der Waals surface area contributed by atoms with Crippen LogP contribution in [-0.2, 0) is 16.4 Å². The minimum Gasteiger partial charge on any atom is -0.497 e. The Bertz CT molecular complexity index is 1350. The third-order valence-electron chi connectivity index (χ3n) is 4.97. The topological polar surface area (TPSA) is 105 Å². The summed E-state index contributed by atoms with van der Waals surface area (Å²) >= 11 is 0. The molecule has 1 heterocycles. The molecule has 0 aliphatic rings. The lowest BCUT2D eigenvalue weighted by atomic mass is 10.0. The van der Waals surface area contributed by atoms with Gasteiger partial charge in [-0.15, -0.1) is 0 Å². The van der Waals surface area contributed by atoms with Crippen molar-refractivity contribution in [3.63, 3.8) is 0 Å². The second-order valence-corrected chi connectivity index (χ2v) is 8.58. The summed E-state index contributed by atoms with van der Waals surface area (Å²) in [6, 6.07) is 21.5. The number of primary sulfonamides is 1. The normalized spacial score (nSPS) is 11.3. The van der Waals surface area contributed by atoms with E-state index in [4.69, 9.17) is 24.0 Å². The van der Waals surface area contributed by atoms with E-state index in [-0.39, 0.29) is 4.90 Å². The third kappa shape index (κ3) is 4.37. The van der Waals surface area contributed by atoms with Gasteiger partial charge in [0.1, 0.15) is 17.2 Å². The van der Waals surface area contributed by atoms with Gasteiger partial charge in [0.05, 0.1) is 19.1 Å². The molecule has 8 heteroatoms. The van der Waals surface area contributed by atoms with Gasteiger partial charge in [0.25, 0.3) is 0 Å². The Morgan fingerprint density at radius 1 is 0.906 bits per heavy atom. The van der Waals surface area contributed by atoms with Crippen LogP contribution in [-0.4, -0.2) is 27.6 Å². The summed E-state index contributed by atoms with van der Waals surface area (Å²) in [6.45, 7) is 0. The first-order chi connectivity index (χ1) is 15.4. The minimum absolute atomic E-state index is 0.0452. The Morgan fingerprint density at radius 3 is 2.31 bits per heavy atom. The van der Waals surface area contributed by atoms with Crippen LogP contribution in [0.3, 0.4) is 0 Å². The first-order valence-corrected chi connectivity index (χ1v) is 11.3. The van der Waals surface area contributed by atoms with Crippen LogP contribution in [0.5, 0.6) is 11.5 Å². The molecule has 2 N–H and O–H groups in total. The fourth-order valence-electron chi connectivity index (χ4n) is 3.47. The van der Waals surface area contributed by atoms with E-state index in [0.717, 1.165) is 5.56 Å². The van der Waals surface area contributed by atoms with E-state index in [9.17, 15) is 8.42 Å². The molecule has 0 radical (unpaired) electrons. The van der Waals surface area contributed by atoms with Gasteiger partial charge >= 0.3 is 0 Å². The van der Waals surface area contributed by atoms with Crippen LogP contribution in [0.4, 0.5) is 0 Å². The molecule has 0 bridgehead atoms. The lowest BCUT2D eigenvalue weighted by molar-refractivity contribution is 0.395. The number of sulfonamides is 1. The second-order valence-electron chi connectivity index (χ2n) is 7.06. The van der Waals surface area contributed by atoms with Crippen molar-refractivity contribution >= 4 is 10.0 Å². The van der Waals surface area contributed by atoms with Gasteiger partial charge in [-0.25, -0.2) is 18.5 Å². The van der Waals surface area contributed by atoms with E-state index < -0.39 is 10.0 Å². The van der Waals surface area contributed by atoms with Crippen molar-refractivity contribution in [1.82, 2.24) is 4.98 Å². The molecule has 0 aliphatic heterocycles. The lowest BCUT2D eigenvalue weighted by Crippen LogP contribution is -2.13. The Hall–Kier alpha value is -3.62. The van der Waals surface area contributed by atoms with E-state index in [0.29, 0.717) is 46.4 Å². The van der Waals surface area contributed by atoms with Gasteiger partial charge in [0.15, 0.2) is 11.7 Å². The van der Waals surface area contributed by atoms with Gasteiger partial charge in [-0.2, -0.15) is 0 Å². The number of ether oxygens (including phenoxy) is 2. The molecule has 0 amide bonds. The van der Waals surface area contributed by atoms with E-state index >= 15 is 0 Å².